The fourth-order valence-corrected chi connectivity index (χ4v) is 5.02. The first kappa shape index (κ1) is 15.3. The van der Waals surface area contributed by atoms with Gasteiger partial charge in [0.2, 0.25) is 10.0 Å². The molecule has 106 valence electrons. The van der Waals surface area contributed by atoms with Crippen LogP contribution in [-0.4, -0.2) is 31.4 Å². The third-order valence-electron chi connectivity index (χ3n) is 3.34. The molecule has 0 saturated carbocycles. The van der Waals surface area contributed by atoms with Gasteiger partial charge in [-0.3, -0.25) is 0 Å². The molecule has 0 aliphatic carbocycles. The van der Waals surface area contributed by atoms with Crippen molar-refractivity contribution < 1.29 is 8.42 Å². The second kappa shape index (κ2) is 5.69. The first-order valence-electron chi connectivity index (χ1n) is 6.05. The Hall–Kier alpha value is -0.140. The summed E-state index contributed by atoms with van der Waals surface area (Å²) < 4.78 is 27.5. The molecule has 1 aromatic rings. The zero-order valence-electron chi connectivity index (χ0n) is 10.5. The van der Waals surface area contributed by atoms with E-state index in [4.69, 9.17) is 17.3 Å². The summed E-state index contributed by atoms with van der Waals surface area (Å²) in [5.74, 6) is 0. The average Bonchev–Trinajstić information content (AvgIpc) is 2.31. The standard InChI is InChI=1S/C12H16BrClN2O2S/c1-8-6-10(15)4-5-16(8)19(17,18)12-7-9(13)2-3-11(12)14/h2-3,7-8,10H,4-6,15H2,1H3. The number of halogens is 2. The van der Waals surface area contributed by atoms with Crippen LogP contribution in [-0.2, 0) is 10.0 Å². The number of nitrogens with two attached hydrogens (primary N) is 1. The Morgan fingerprint density at radius 3 is 2.79 bits per heavy atom. The van der Waals surface area contributed by atoms with Crippen LogP contribution in [0, 0.1) is 0 Å². The van der Waals surface area contributed by atoms with Crippen LogP contribution in [0.5, 0.6) is 0 Å². The molecule has 7 heteroatoms. The normalized spacial score (nSPS) is 25.5. The van der Waals surface area contributed by atoms with Gasteiger partial charge in [0.15, 0.2) is 0 Å². The number of piperidine rings is 1. The molecule has 0 radical (unpaired) electrons. The number of sulfonamides is 1. The summed E-state index contributed by atoms with van der Waals surface area (Å²) >= 11 is 9.30. The predicted molar refractivity (Wildman–Crippen MR) is 79.7 cm³/mol. The molecule has 0 amide bonds. The number of hydrogen-bond donors (Lipinski definition) is 1. The maximum atomic E-state index is 12.7. The zero-order valence-corrected chi connectivity index (χ0v) is 13.7. The molecule has 1 aliphatic rings. The zero-order chi connectivity index (χ0) is 14.2. The van der Waals surface area contributed by atoms with Crippen LogP contribution in [0.4, 0.5) is 0 Å². The van der Waals surface area contributed by atoms with Crippen LogP contribution in [0.3, 0.4) is 0 Å². The predicted octanol–water partition coefficient (Wildman–Crippen LogP) is 2.60. The Balaban J connectivity index is 2.39. The van der Waals surface area contributed by atoms with Crippen molar-refractivity contribution in [2.45, 2.75) is 36.7 Å². The van der Waals surface area contributed by atoms with E-state index in [0.717, 1.165) is 0 Å². The van der Waals surface area contributed by atoms with Crippen molar-refractivity contribution in [3.05, 3.63) is 27.7 Å². The molecule has 0 bridgehead atoms. The van der Waals surface area contributed by atoms with Gasteiger partial charge in [0, 0.05) is 23.1 Å². The van der Waals surface area contributed by atoms with E-state index >= 15 is 0 Å². The van der Waals surface area contributed by atoms with E-state index in [1.54, 1.807) is 18.2 Å². The molecular formula is C12H16BrClN2O2S. The van der Waals surface area contributed by atoms with Crippen molar-refractivity contribution >= 4 is 37.6 Å². The maximum Gasteiger partial charge on any atom is 0.244 e. The molecule has 1 heterocycles. The Kier molecular flexibility index (Phi) is 4.57. The highest BCUT2D eigenvalue weighted by atomic mass is 79.9. The second-order valence-electron chi connectivity index (χ2n) is 4.82. The second-order valence-corrected chi connectivity index (χ2v) is 8.01. The number of rotatable bonds is 2. The quantitative estimate of drug-likeness (QED) is 0.874. The minimum absolute atomic E-state index is 0.0689. The van der Waals surface area contributed by atoms with Crippen LogP contribution in [0.1, 0.15) is 19.8 Å². The van der Waals surface area contributed by atoms with E-state index < -0.39 is 10.0 Å². The van der Waals surface area contributed by atoms with E-state index in [2.05, 4.69) is 15.9 Å². The highest BCUT2D eigenvalue weighted by molar-refractivity contribution is 9.10. The topological polar surface area (TPSA) is 63.4 Å². The number of hydrogen-bond acceptors (Lipinski definition) is 3. The maximum absolute atomic E-state index is 12.7. The Morgan fingerprint density at radius 1 is 1.47 bits per heavy atom. The van der Waals surface area contributed by atoms with Crippen molar-refractivity contribution in [2.24, 2.45) is 5.73 Å². The van der Waals surface area contributed by atoms with Crippen LogP contribution in [0.25, 0.3) is 0 Å². The molecule has 2 unspecified atom stereocenters. The van der Waals surface area contributed by atoms with Crippen molar-refractivity contribution in [3.63, 3.8) is 0 Å². The van der Waals surface area contributed by atoms with Gasteiger partial charge in [-0.1, -0.05) is 27.5 Å². The van der Waals surface area contributed by atoms with E-state index in [0.29, 0.717) is 23.9 Å². The number of benzene rings is 1. The molecule has 1 aromatic carbocycles. The summed E-state index contributed by atoms with van der Waals surface area (Å²) in [5.41, 5.74) is 5.87. The lowest BCUT2D eigenvalue weighted by atomic mass is 10.0. The molecule has 1 saturated heterocycles. The molecule has 4 nitrogen and oxygen atoms in total. The van der Waals surface area contributed by atoms with Crippen molar-refractivity contribution in [3.8, 4) is 0 Å². The number of nitrogens with zero attached hydrogens (tertiary/aromatic N) is 1. The largest absolute Gasteiger partial charge is 0.328 e. The Morgan fingerprint density at radius 2 is 2.16 bits per heavy atom. The summed E-state index contributed by atoms with van der Waals surface area (Å²) in [6.45, 7) is 2.32. The van der Waals surface area contributed by atoms with Gasteiger partial charge >= 0.3 is 0 Å². The molecule has 0 spiro atoms. The van der Waals surface area contributed by atoms with Gasteiger partial charge in [-0.25, -0.2) is 8.42 Å². The summed E-state index contributed by atoms with van der Waals surface area (Å²) in [4.78, 5) is 0.144. The molecule has 19 heavy (non-hydrogen) atoms. The summed E-state index contributed by atoms with van der Waals surface area (Å²) in [7, 11) is -3.57. The van der Waals surface area contributed by atoms with E-state index in [1.807, 2.05) is 6.92 Å². The fourth-order valence-electron chi connectivity index (χ4n) is 2.35. The lowest BCUT2D eigenvalue weighted by Gasteiger charge is -2.35. The molecule has 2 N–H and O–H groups in total. The Labute approximate surface area is 127 Å². The summed E-state index contributed by atoms with van der Waals surface area (Å²) in [6, 6.07) is 4.80. The minimum atomic E-state index is -3.57. The van der Waals surface area contributed by atoms with Crippen molar-refractivity contribution in [1.82, 2.24) is 4.31 Å². The molecule has 1 fully saturated rings. The van der Waals surface area contributed by atoms with Crippen molar-refractivity contribution in [1.29, 1.82) is 0 Å². The van der Waals surface area contributed by atoms with Gasteiger partial charge in [0.25, 0.3) is 0 Å². The van der Waals surface area contributed by atoms with E-state index in [9.17, 15) is 8.42 Å². The van der Waals surface area contributed by atoms with Crippen LogP contribution >= 0.6 is 27.5 Å². The van der Waals surface area contributed by atoms with E-state index in [-0.39, 0.29) is 22.0 Å². The first-order chi connectivity index (χ1) is 8.82. The van der Waals surface area contributed by atoms with Gasteiger partial charge in [0.1, 0.15) is 4.90 Å². The molecule has 1 aliphatic heterocycles. The van der Waals surface area contributed by atoms with Crippen molar-refractivity contribution in [2.75, 3.05) is 6.54 Å². The molecule has 2 atom stereocenters. The summed E-state index contributed by atoms with van der Waals surface area (Å²) in [6.07, 6.45) is 1.35. The SMILES string of the molecule is CC1CC(N)CCN1S(=O)(=O)c1cc(Br)ccc1Cl. The first-order valence-corrected chi connectivity index (χ1v) is 8.66. The van der Waals surface area contributed by atoms with Gasteiger partial charge in [-0.15, -0.1) is 0 Å². The summed E-state index contributed by atoms with van der Waals surface area (Å²) in [5, 5.41) is 0.241. The van der Waals surface area contributed by atoms with Gasteiger partial charge in [-0.05, 0) is 38.0 Å². The average molecular weight is 368 g/mol. The lowest BCUT2D eigenvalue weighted by Crippen LogP contribution is -2.48. The van der Waals surface area contributed by atoms with Gasteiger partial charge in [-0.2, -0.15) is 4.31 Å². The van der Waals surface area contributed by atoms with Gasteiger partial charge < -0.3 is 5.73 Å². The van der Waals surface area contributed by atoms with Crippen LogP contribution < -0.4 is 5.73 Å². The molecule has 0 aromatic heterocycles. The lowest BCUT2D eigenvalue weighted by molar-refractivity contribution is 0.247. The van der Waals surface area contributed by atoms with Gasteiger partial charge in [0.05, 0.1) is 5.02 Å². The fraction of sp³-hybridized carbons (Fsp3) is 0.500. The third-order valence-corrected chi connectivity index (χ3v) is 6.32. The Bertz CT molecular complexity index is 579. The molecule has 2 rings (SSSR count). The molecular weight excluding hydrogens is 352 g/mol. The third kappa shape index (κ3) is 3.13. The smallest absolute Gasteiger partial charge is 0.244 e. The minimum Gasteiger partial charge on any atom is -0.328 e. The van der Waals surface area contributed by atoms with Crippen LogP contribution in [0.2, 0.25) is 5.02 Å². The monoisotopic (exact) mass is 366 g/mol. The highest BCUT2D eigenvalue weighted by Gasteiger charge is 2.34. The highest BCUT2D eigenvalue weighted by Crippen LogP contribution is 2.31. The van der Waals surface area contributed by atoms with Crippen LogP contribution in [0.15, 0.2) is 27.6 Å². The van der Waals surface area contributed by atoms with E-state index in [1.165, 1.54) is 4.31 Å².